The second kappa shape index (κ2) is 9.40. The molecule has 0 fully saturated rings. The molecular formula is C21H25N3OS. The Morgan fingerprint density at radius 2 is 1.92 bits per heavy atom. The number of hydrogen-bond acceptors (Lipinski definition) is 4. The molecule has 1 amide bonds. The summed E-state index contributed by atoms with van der Waals surface area (Å²) in [6, 6.07) is 12.4. The summed E-state index contributed by atoms with van der Waals surface area (Å²) < 4.78 is 0. The van der Waals surface area contributed by atoms with Gasteiger partial charge in [-0.1, -0.05) is 49.0 Å². The van der Waals surface area contributed by atoms with Crippen LogP contribution in [-0.4, -0.2) is 23.2 Å². The smallest absolute Gasteiger partial charge is 0.230 e. The van der Waals surface area contributed by atoms with Gasteiger partial charge in [0.05, 0.1) is 11.3 Å². The SMILES string of the molecule is CCC(CNC(=O)CSc1nc(C)c(C)c(C)c1C#N)c1ccccc1. The van der Waals surface area contributed by atoms with Crippen molar-refractivity contribution in [2.45, 2.75) is 45.1 Å². The average molecular weight is 368 g/mol. The highest BCUT2D eigenvalue weighted by Gasteiger charge is 2.15. The van der Waals surface area contributed by atoms with Crippen LogP contribution in [0, 0.1) is 32.1 Å². The van der Waals surface area contributed by atoms with Crippen LogP contribution in [0.15, 0.2) is 35.4 Å². The van der Waals surface area contributed by atoms with Crippen LogP contribution in [0.3, 0.4) is 0 Å². The first-order valence-electron chi connectivity index (χ1n) is 8.80. The molecule has 1 aromatic heterocycles. The number of amides is 1. The quantitative estimate of drug-likeness (QED) is 0.742. The number of nitrogens with one attached hydrogen (secondary N) is 1. The summed E-state index contributed by atoms with van der Waals surface area (Å²) in [5.74, 6) is 0.530. The van der Waals surface area contributed by atoms with Crippen LogP contribution in [0.25, 0.3) is 0 Å². The summed E-state index contributed by atoms with van der Waals surface area (Å²) in [4.78, 5) is 16.8. The highest BCUT2D eigenvalue weighted by Crippen LogP contribution is 2.26. The molecule has 2 rings (SSSR count). The summed E-state index contributed by atoms with van der Waals surface area (Å²) in [7, 11) is 0. The van der Waals surface area contributed by atoms with Crippen molar-refractivity contribution in [2.75, 3.05) is 12.3 Å². The number of nitriles is 1. The van der Waals surface area contributed by atoms with E-state index in [1.54, 1.807) is 0 Å². The number of aryl methyl sites for hydroxylation is 1. The Hall–Kier alpha value is -2.32. The Balaban J connectivity index is 1.96. The third-order valence-electron chi connectivity index (χ3n) is 4.72. The van der Waals surface area contributed by atoms with E-state index in [1.807, 2.05) is 39.0 Å². The Bertz CT molecular complexity index is 812. The number of nitrogens with zero attached hydrogens (tertiary/aromatic N) is 2. The van der Waals surface area contributed by atoms with E-state index in [0.29, 0.717) is 23.1 Å². The van der Waals surface area contributed by atoms with Crippen molar-refractivity contribution in [3.05, 3.63) is 58.3 Å². The van der Waals surface area contributed by atoms with Crippen molar-refractivity contribution in [1.29, 1.82) is 5.26 Å². The number of carbonyl (C=O) groups excluding carboxylic acids is 1. The lowest BCUT2D eigenvalue weighted by Gasteiger charge is -2.16. The van der Waals surface area contributed by atoms with Gasteiger partial charge >= 0.3 is 0 Å². The molecule has 5 heteroatoms. The van der Waals surface area contributed by atoms with Gasteiger partial charge in [0.15, 0.2) is 0 Å². The van der Waals surface area contributed by atoms with E-state index in [0.717, 1.165) is 23.2 Å². The number of hydrogen-bond donors (Lipinski definition) is 1. The zero-order chi connectivity index (χ0) is 19.1. The first kappa shape index (κ1) is 20.0. The zero-order valence-corrected chi connectivity index (χ0v) is 16.6. The van der Waals surface area contributed by atoms with Crippen molar-refractivity contribution in [3.63, 3.8) is 0 Å². The fourth-order valence-corrected chi connectivity index (χ4v) is 3.71. The predicted molar refractivity (Wildman–Crippen MR) is 106 cm³/mol. The van der Waals surface area contributed by atoms with Gasteiger partial charge in [-0.2, -0.15) is 5.26 Å². The van der Waals surface area contributed by atoms with Crippen LogP contribution in [0.1, 0.15) is 47.2 Å². The molecule has 1 aromatic carbocycles. The maximum absolute atomic E-state index is 12.3. The molecule has 1 atom stereocenters. The molecule has 0 spiro atoms. The van der Waals surface area contributed by atoms with Crippen molar-refractivity contribution in [3.8, 4) is 6.07 Å². The number of carbonyl (C=O) groups is 1. The monoisotopic (exact) mass is 367 g/mol. The minimum absolute atomic E-state index is 0.0362. The van der Waals surface area contributed by atoms with Crippen LogP contribution in [0.2, 0.25) is 0 Å². The van der Waals surface area contributed by atoms with Crippen LogP contribution in [0.5, 0.6) is 0 Å². The normalized spacial score (nSPS) is 11.7. The number of aromatic nitrogens is 1. The lowest BCUT2D eigenvalue weighted by molar-refractivity contribution is -0.118. The third-order valence-corrected chi connectivity index (χ3v) is 5.70. The molecular weight excluding hydrogens is 342 g/mol. The van der Waals surface area contributed by atoms with Crippen molar-refractivity contribution >= 4 is 17.7 Å². The van der Waals surface area contributed by atoms with Crippen LogP contribution >= 0.6 is 11.8 Å². The molecule has 2 aromatic rings. The van der Waals surface area contributed by atoms with E-state index in [4.69, 9.17) is 0 Å². The highest BCUT2D eigenvalue weighted by atomic mass is 32.2. The van der Waals surface area contributed by atoms with Crippen LogP contribution in [-0.2, 0) is 4.79 Å². The fourth-order valence-electron chi connectivity index (χ4n) is 2.79. The molecule has 0 saturated heterocycles. The lowest BCUT2D eigenvalue weighted by Crippen LogP contribution is -2.29. The molecule has 0 saturated carbocycles. The summed E-state index contributed by atoms with van der Waals surface area (Å²) in [5.41, 5.74) is 4.68. The third kappa shape index (κ3) is 4.86. The minimum Gasteiger partial charge on any atom is -0.355 e. The van der Waals surface area contributed by atoms with Gasteiger partial charge in [-0.15, -0.1) is 0 Å². The molecule has 1 unspecified atom stereocenters. The Kier molecular flexibility index (Phi) is 7.23. The Morgan fingerprint density at radius 3 is 2.54 bits per heavy atom. The van der Waals surface area contributed by atoms with Gasteiger partial charge in [-0.25, -0.2) is 4.98 Å². The number of thioether (sulfide) groups is 1. The fraction of sp³-hybridized carbons (Fsp3) is 0.381. The molecule has 26 heavy (non-hydrogen) atoms. The van der Waals surface area contributed by atoms with Crippen LogP contribution < -0.4 is 5.32 Å². The van der Waals surface area contributed by atoms with E-state index in [-0.39, 0.29) is 11.7 Å². The number of benzene rings is 1. The predicted octanol–water partition coefficient (Wildman–Crippen LogP) is 4.28. The second-order valence-electron chi connectivity index (χ2n) is 6.35. The van der Waals surface area contributed by atoms with E-state index < -0.39 is 0 Å². The Labute approximate surface area is 160 Å². The van der Waals surface area contributed by atoms with Gasteiger partial charge in [-0.05, 0) is 43.9 Å². The Morgan fingerprint density at radius 1 is 1.23 bits per heavy atom. The van der Waals surface area contributed by atoms with Gasteiger partial charge in [0.1, 0.15) is 11.1 Å². The van der Waals surface area contributed by atoms with Gasteiger partial charge in [-0.3, -0.25) is 4.79 Å². The topological polar surface area (TPSA) is 65.8 Å². The molecule has 1 heterocycles. The molecule has 0 radical (unpaired) electrons. The highest BCUT2D eigenvalue weighted by molar-refractivity contribution is 8.00. The first-order chi connectivity index (χ1) is 12.5. The average Bonchev–Trinajstić information content (AvgIpc) is 2.66. The molecule has 0 aliphatic carbocycles. The summed E-state index contributed by atoms with van der Waals surface area (Å²) in [5, 5.41) is 13.1. The van der Waals surface area contributed by atoms with E-state index >= 15 is 0 Å². The standard InChI is InChI=1S/C21H25N3OS/c1-5-17(18-9-7-6-8-10-18)12-23-20(25)13-26-21-19(11-22)15(3)14(2)16(4)24-21/h6-10,17H,5,12-13H2,1-4H3,(H,23,25). The first-order valence-corrected chi connectivity index (χ1v) is 9.78. The second-order valence-corrected chi connectivity index (χ2v) is 7.31. The zero-order valence-electron chi connectivity index (χ0n) is 15.8. The molecule has 4 nitrogen and oxygen atoms in total. The van der Waals surface area contributed by atoms with E-state index in [1.165, 1.54) is 17.3 Å². The van der Waals surface area contributed by atoms with E-state index in [9.17, 15) is 10.1 Å². The van der Waals surface area contributed by atoms with Gasteiger partial charge < -0.3 is 5.32 Å². The maximum atomic E-state index is 12.3. The van der Waals surface area contributed by atoms with Crippen molar-refractivity contribution < 1.29 is 4.79 Å². The summed E-state index contributed by atoms with van der Waals surface area (Å²) in [6.07, 6.45) is 0.966. The van der Waals surface area contributed by atoms with Crippen molar-refractivity contribution in [1.82, 2.24) is 10.3 Å². The largest absolute Gasteiger partial charge is 0.355 e. The van der Waals surface area contributed by atoms with Crippen molar-refractivity contribution in [2.24, 2.45) is 0 Å². The van der Waals surface area contributed by atoms with Gasteiger partial charge in [0, 0.05) is 18.2 Å². The molecule has 0 bridgehead atoms. The van der Waals surface area contributed by atoms with Gasteiger partial charge in [0.25, 0.3) is 0 Å². The van der Waals surface area contributed by atoms with Gasteiger partial charge in [0.2, 0.25) is 5.91 Å². The summed E-state index contributed by atoms with van der Waals surface area (Å²) in [6.45, 7) is 8.57. The maximum Gasteiger partial charge on any atom is 0.230 e. The number of rotatable bonds is 7. The molecule has 136 valence electrons. The lowest BCUT2D eigenvalue weighted by atomic mass is 9.96. The minimum atomic E-state index is -0.0362. The van der Waals surface area contributed by atoms with Crippen LogP contribution in [0.4, 0.5) is 0 Å². The number of pyridine rings is 1. The molecule has 0 aliphatic rings. The molecule has 1 N–H and O–H groups in total. The molecule has 0 aliphatic heterocycles. The summed E-state index contributed by atoms with van der Waals surface area (Å²) >= 11 is 1.33. The van der Waals surface area contributed by atoms with E-state index in [2.05, 4.69) is 35.4 Å².